The molecule has 2 atom stereocenters. The molecule has 0 aromatic heterocycles. The molecule has 2 unspecified atom stereocenters. The minimum atomic E-state index is -0.0453. The number of carbonyl (C=O) groups excluding carboxylic acids is 1. The van der Waals surface area contributed by atoms with Gasteiger partial charge in [-0.1, -0.05) is 24.6 Å². The number of benzene rings is 1. The van der Waals surface area contributed by atoms with Crippen molar-refractivity contribution in [1.29, 1.82) is 0 Å². The van der Waals surface area contributed by atoms with E-state index in [1.165, 1.54) is 0 Å². The van der Waals surface area contributed by atoms with Crippen LogP contribution in [0.2, 0.25) is 5.02 Å². The zero-order chi connectivity index (χ0) is 12.6. The van der Waals surface area contributed by atoms with E-state index < -0.39 is 0 Å². The first kappa shape index (κ1) is 12.9. The molecule has 5 heteroatoms. The molecule has 0 bridgehead atoms. The number of carbonyl (C=O) groups is 1. The second kappa shape index (κ2) is 4.96. The molecule has 2 rings (SSSR count). The van der Waals surface area contributed by atoms with Crippen LogP contribution in [-0.4, -0.2) is 29.9 Å². The third-order valence-corrected chi connectivity index (χ3v) is 4.44. The number of nitrogens with zero attached hydrogens (tertiary/aromatic N) is 1. The lowest BCUT2D eigenvalue weighted by Crippen LogP contribution is -2.32. The number of likely N-dealkylation sites (tertiary alicyclic amines) is 1. The summed E-state index contributed by atoms with van der Waals surface area (Å²) in [5, 5.41) is 0.464. The highest BCUT2D eigenvalue weighted by Crippen LogP contribution is 2.28. The Morgan fingerprint density at radius 3 is 2.82 bits per heavy atom. The zero-order valence-corrected chi connectivity index (χ0v) is 11.8. The van der Waals surface area contributed by atoms with Crippen LogP contribution in [0.25, 0.3) is 0 Å². The Hall–Kier alpha value is -0.580. The van der Waals surface area contributed by atoms with Crippen LogP contribution in [0, 0.1) is 5.92 Å². The van der Waals surface area contributed by atoms with Gasteiger partial charge in [-0.15, -0.1) is 0 Å². The molecule has 0 saturated carbocycles. The van der Waals surface area contributed by atoms with Crippen molar-refractivity contribution in [2.45, 2.75) is 13.0 Å². The van der Waals surface area contributed by atoms with Gasteiger partial charge in [0.2, 0.25) is 0 Å². The minimum absolute atomic E-state index is 0.0453. The van der Waals surface area contributed by atoms with Gasteiger partial charge >= 0.3 is 0 Å². The molecule has 1 amide bonds. The Bertz CT molecular complexity index is 442. The molecule has 1 aromatic carbocycles. The minimum Gasteiger partial charge on any atom is -0.337 e. The largest absolute Gasteiger partial charge is 0.337 e. The second-order valence-corrected chi connectivity index (χ2v) is 5.68. The summed E-state index contributed by atoms with van der Waals surface area (Å²) in [6.45, 7) is 3.35. The summed E-state index contributed by atoms with van der Waals surface area (Å²) >= 11 is 9.43. The molecule has 92 valence electrons. The average Bonchev–Trinajstić information content (AvgIpc) is 2.62. The standard InChI is InChI=1S/C12H14BrClN2O/c1-7-5-16(6-10(7)15)12(17)8-3-2-4-9(13)11(8)14/h2-4,7,10H,5-6,15H2,1H3. The molecule has 1 heterocycles. The molecule has 2 N–H and O–H groups in total. The van der Waals surface area contributed by atoms with Crippen molar-refractivity contribution in [3.63, 3.8) is 0 Å². The summed E-state index contributed by atoms with van der Waals surface area (Å²) < 4.78 is 0.738. The van der Waals surface area contributed by atoms with Crippen molar-refractivity contribution in [3.8, 4) is 0 Å². The van der Waals surface area contributed by atoms with Crippen molar-refractivity contribution in [1.82, 2.24) is 4.90 Å². The van der Waals surface area contributed by atoms with Gasteiger partial charge < -0.3 is 10.6 Å². The normalized spacial score (nSPS) is 24.1. The zero-order valence-electron chi connectivity index (χ0n) is 9.49. The molecule has 1 saturated heterocycles. The average molecular weight is 318 g/mol. The van der Waals surface area contributed by atoms with Crippen LogP contribution < -0.4 is 5.73 Å². The van der Waals surface area contributed by atoms with E-state index in [0.717, 1.165) is 4.47 Å². The number of amides is 1. The van der Waals surface area contributed by atoms with Gasteiger partial charge in [-0.25, -0.2) is 0 Å². The van der Waals surface area contributed by atoms with Gasteiger partial charge in [0.1, 0.15) is 0 Å². The molecule has 0 aliphatic carbocycles. The molecule has 1 aliphatic heterocycles. The number of hydrogen-bond acceptors (Lipinski definition) is 2. The van der Waals surface area contributed by atoms with Crippen LogP contribution in [0.5, 0.6) is 0 Å². The van der Waals surface area contributed by atoms with E-state index in [-0.39, 0.29) is 11.9 Å². The lowest BCUT2D eigenvalue weighted by atomic mass is 10.1. The first-order chi connectivity index (χ1) is 8.00. The van der Waals surface area contributed by atoms with E-state index in [1.54, 1.807) is 11.0 Å². The van der Waals surface area contributed by atoms with E-state index in [1.807, 2.05) is 12.1 Å². The van der Waals surface area contributed by atoms with Gasteiger partial charge in [0, 0.05) is 23.6 Å². The Kier molecular flexibility index (Phi) is 3.76. The highest BCUT2D eigenvalue weighted by atomic mass is 79.9. The van der Waals surface area contributed by atoms with Gasteiger partial charge in [0.25, 0.3) is 5.91 Å². The van der Waals surface area contributed by atoms with Gasteiger partial charge in [-0.2, -0.15) is 0 Å². The fraction of sp³-hybridized carbons (Fsp3) is 0.417. The number of rotatable bonds is 1. The molecule has 1 aliphatic rings. The lowest BCUT2D eigenvalue weighted by Gasteiger charge is -2.17. The summed E-state index contributed by atoms with van der Waals surface area (Å²) in [6, 6.07) is 5.43. The molecule has 3 nitrogen and oxygen atoms in total. The van der Waals surface area contributed by atoms with Crippen molar-refractivity contribution in [2.75, 3.05) is 13.1 Å². The van der Waals surface area contributed by atoms with Crippen molar-refractivity contribution < 1.29 is 4.79 Å². The van der Waals surface area contributed by atoms with Gasteiger partial charge in [-0.05, 0) is 34.0 Å². The van der Waals surface area contributed by atoms with Crippen LogP contribution in [0.4, 0.5) is 0 Å². The molecular formula is C12H14BrClN2O. The maximum Gasteiger partial charge on any atom is 0.255 e. The second-order valence-electron chi connectivity index (χ2n) is 4.45. The Labute approximate surface area is 114 Å². The van der Waals surface area contributed by atoms with E-state index in [0.29, 0.717) is 29.6 Å². The van der Waals surface area contributed by atoms with Crippen molar-refractivity contribution in [3.05, 3.63) is 33.3 Å². The maximum atomic E-state index is 12.3. The first-order valence-corrected chi connectivity index (χ1v) is 6.66. The summed E-state index contributed by atoms with van der Waals surface area (Å²) in [6.07, 6.45) is 0. The first-order valence-electron chi connectivity index (χ1n) is 5.49. The summed E-state index contributed by atoms with van der Waals surface area (Å²) in [5.41, 5.74) is 6.45. The van der Waals surface area contributed by atoms with Crippen molar-refractivity contribution in [2.24, 2.45) is 11.7 Å². The number of hydrogen-bond donors (Lipinski definition) is 1. The molecular weight excluding hydrogens is 304 g/mol. The monoisotopic (exact) mass is 316 g/mol. The summed E-state index contributed by atoms with van der Waals surface area (Å²) in [5.74, 6) is 0.293. The van der Waals surface area contributed by atoms with E-state index in [4.69, 9.17) is 17.3 Å². The highest BCUT2D eigenvalue weighted by Gasteiger charge is 2.31. The molecule has 0 radical (unpaired) electrons. The van der Waals surface area contributed by atoms with Gasteiger partial charge in [0.05, 0.1) is 10.6 Å². The van der Waals surface area contributed by atoms with E-state index in [9.17, 15) is 4.79 Å². The van der Waals surface area contributed by atoms with Crippen LogP contribution in [0.15, 0.2) is 22.7 Å². The number of nitrogens with two attached hydrogens (primary N) is 1. The fourth-order valence-corrected chi connectivity index (χ4v) is 2.57. The maximum absolute atomic E-state index is 12.3. The summed E-state index contributed by atoms with van der Waals surface area (Å²) in [4.78, 5) is 14.0. The van der Waals surface area contributed by atoms with Crippen LogP contribution in [-0.2, 0) is 0 Å². The molecule has 0 spiro atoms. The lowest BCUT2D eigenvalue weighted by molar-refractivity contribution is 0.0787. The molecule has 17 heavy (non-hydrogen) atoms. The van der Waals surface area contributed by atoms with E-state index in [2.05, 4.69) is 22.9 Å². The topological polar surface area (TPSA) is 46.3 Å². The molecule has 1 aromatic rings. The van der Waals surface area contributed by atoms with Crippen LogP contribution >= 0.6 is 27.5 Å². The van der Waals surface area contributed by atoms with Gasteiger partial charge in [-0.3, -0.25) is 4.79 Å². The predicted octanol–water partition coefficient (Wildman–Crippen LogP) is 2.52. The number of halogens is 2. The highest BCUT2D eigenvalue weighted by molar-refractivity contribution is 9.10. The molecule has 1 fully saturated rings. The SMILES string of the molecule is CC1CN(C(=O)c2cccc(Br)c2Cl)CC1N. The predicted molar refractivity (Wildman–Crippen MR) is 72.2 cm³/mol. The third-order valence-electron chi connectivity index (χ3n) is 3.14. The van der Waals surface area contributed by atoms with E-state index >= 15 is 0 Å². The quantitative estimate of drug-likeness (QED) is 0.865. The van der Waals surface area contributed by atoms with Gasteiger partial charge in [0.15, 0.2) is 0 Å². The Morgan fingerprint density at radius 2 is 2.24 bits per heavy atom. The fourth-order valence-electron chi connectivity index (χ4n) is 2.00. The smallest absolute Gasteiger partial charge is 0.255 e. The van der Waals surface area contributed by atoms with Crippen molar-refractivity contribution >= 4 is 33.4 Å². The van der Waals surface area contributed by atoms with Crippen LogP contribution in [0.1, 0.15) is 17.3 Å². The Balaban J connectivity index is 2.24. The van der Waals surface area contributed by atoms with Crippen LogP contribution in [0.3, 0.4) is 0 Å². The third kappa shape index (κ3) is 2.49. The summed E-state index contributed by atoms with van der Waals surface area (Å²) in [7, 11) is 0. The Morgan fingerprint density at radius 1 is 1.53 bits per heavy atom.